The molecule has 3 atom stereocenters. The molecule has 0 saturated carbocycles. The molecule has 176 valence electrons. The van der Waals surface area contributed by atoms with Gasteiger partial charge in [0.25, 0.3) is 0 Å². The van der Waals surface area contributed by atoms with E-state index >= 15 is 0 Å². The number of hydrogen-bond donors (Lipinski definition) is 0. The first-order valence-electron chi connectivity index (χ1n) is 13.1. The van der Waals surface area contributed by atoms with Crippen LogP contribution in [-0.2, 0) is 0 Å². The summed E-state index contributed by atoms with van der Waals surface area (Å²) in [5.41, 5.74) is 0.959. The van der Waals surface area contributed by atoms with Crippen LogP contribution in [0.25, 0.3) is 0 Å². The van der Waals surface area contributed by atoms with Crippen LogP contribution in [0.15, 0.2) is 0 Å². The monoisotopic (exact) mass is 410 g/mol. The van der Waals surface area contributed by atoms with Gasteiger partial charge in [0.05, 0.1) is 27.2 Å². The maximum atomic E-state index is 2.60. The van der Waals surface area contributed by atoms with Crippen LogP contribution in [0.5, 0.6) is 0 Å². The average molecular weight is 411 g/mol. The Kier molecular flexibility index (Phi) is 13.4. The summed E-state index contributed by atoms with van der Waals surface area (Å²) in [5.74, 6) is 2.49. The molecular formula is C28H60N+. The molecule has 0 aromatic heterocycles. The molecule has 0 bridgehead atoms. The lowest BCUT2D eigenvalue weighted by molar-refractivity contribution is -0.891. The summed E-state index contributed by atoms with van der Waals surface area (Å²) < 4.78 is 1.21. The highest BCUT2D eigenvalue weighted by atomic mass is 15.3. The smallest absolute Gasteiger partial charge is 0.0785 e. The van der Waals surface area contributed by atoms with Gasteiger partial charge in [0.1, 0.15) is 0 Å². The van der Waals surface area contributed by atoms with Crippen molar-refractivity contribution in [2.24, 2.45) is 28.6 Å². The number of hydrogen-bond acceptors (Lipinski definition) is 0. The number of unbranched alkanes of at least 4 members (excludes halogenated alkanes) is 2. The third kappa shape index (κ3) is 12.4. The molecule has 1 nitrogen and oxygen atoms in total. The third-order valence-corrected chi connectivity index (χ3v) is 7.98. The van der Waals surface area contributed by atoms with E-state index in [1.807, 2.05) is 0 Å². The molecule has 0 spiro atoms. The van der Waals surface area contributed by atoms with Crippen molar-refractivity contribution in [2.75, 3.05) is 27.2 Å². The van der Waals surface area contributed by atoms with Crippen molar-refractivity contribution in [3.8, 4) is 0 Å². The van der Waals surface area contributed by atoms with Gasteiger partial charge >= 0.3 is 0 Å². The van der Waals surface area contributed by atoms with Crippen LogP contribution in [0, 0.1) is 28.6 Å². The van der Waals surface area contributed by atoms with Gasteiger partial charge in [-0.25, -0.2) is 0 Å². The lowest BCUT2D eigenvalue weighted by atomic mass is 9.65. The van der Waals surface area contributed by atoms with E-state index in [4.69, 9.17) is 0 Å². The first-order valence-corrected chi connectivity index (χ1v) is 13.1. The van der Waals surface area contributed by atoms with Crippen LogP contribution in [0.3, 0.4) is 0 Å². The van der Waals surface area contributed by atoms with Gasteiger partial charge in [0.2, 0.25) is 0 Å². The van der Waals surface area contributed by atoms with E-state index < -0.39 is 0 Å². The Labute approximate surface area is 187 Å². The Hall–Kier alpha value is -0.0400. The number of rotatable bonds is 17. The molecule has 0 heterocycles. The fourth-order valence-electron chi connectivity index (χ4n) is 5.38. The number of quaternary nitrogens is 1. The van der Waals surface area contributed by atoms with Crippen molar-refractivity contribution in [3.05, 3.63) is 0 Å². The van der Waals surface area contributed by atoms with E-state index in [-0.39, 0.29) is 0 Å². The minimum Gasteiger partial charge on any atom is -0.328 e. The van der Waals surface area contributed by atoms with Gasteiger partial charge < -0.3 is 4.48 Å². The maximum Gasteiger partial charge on any atom is 0.0785 e. The van der Waals surface area contributed by atoms with Gasteiger partial charge in [-0.05, 0) is 73.5 Å². The Morgan fingerprint density at radius 2 is 1.41 bits per heavy atom. The van der Waals surface area contributed by atoms with Crippen molar-refractivity contribution >= 4 is 0 Å². The standard InChI is InChI=1S/C28H60N/c1-12-15-16-19-29(10,11)20-17-26(21-24(4)5)23-28(9,14-3)22-25(6)27(7,8)18-13-2/h24-26H,12-23H2,1-11H3/q+1. The van der Waals surface area contributed by atoms with Crippen LogP contribution in [0.4, 0.5) is 0 Å². The predicted octanol–water partition coefficient (Wildman–Crippen LogP) is 8.96. The van der Waals surface area contributed by atoms with Crippen LogP contribution < -0.4 is 0 Å². The van der Waals surface area contributed by atoms with E-state index in [0.717, 1.165) is 17.8 Å². The molecule has 0 rings (SSSR count). The van der Waals surface area contributed by atoms with Gasteiger partial charge in [0.15, 0.2) is 0 Å². The normalized spacial score (nSPS) is 17.4. The van der Waals surface area contributed by atoms with Crippen LogP contribution in [0.2, 0.25) is 0 Å². The third-order valence-electron chi connectivity index (χ3n) is 7.98. The highest BCUT2D eigenvalue weighted by Gasteiger charge is 2.34. The molecule has 0 aliphatic carbocycles. The van der Waals surface area contributed by atoms with Crippen LogP contribution >= 0.6 is 0 Å². The molecule has 0 amide bonds. The largest absolute Gasteiger partial charge is 0.328 e. The van der Waals surface area contributed by atoms with Crippen molar-refractivity contribution in [1.82, 2.24) is 0 Å². The Morgan fingerprint density at radius 3 is 1.90 bits per heavy atom. The average Bonchev–Trinajstić information content (AvgIpc) is 2.59. The highest BCUT2D eigenvalue weighted by molar-refractivity contribution is 4.84. The molecule has 3 unspecified atom stereocenters. The molecule has 0 aromatic rings. The van der Waals surface area contributed by atoms with Crippen LogP contribution in [-0.4, -0.2) is 31.7 Å². The quantitative estimate of drug-likeness (QED) is 0.166. The zero-order valence-electron chi connectivity index (χ0n) is 22.7. The minimum atomic E-state index is 0.469. The highest BCUT2D eigenvalue weighted by Crippen LogP contribution is 2.45. The Morgan fingerprint density at radius 1 is 0.793 bits per heavy atom. The van der Waals surface area contributed by atoms with Gasteiger partial charge in [-0.2, -0.15) is 0 Å². The minimum absolute atomic E-state index is 0.469. The fraction of sp³-hybridized carbons (Fsp3) is 1.00. The van der Waals surface area contributed by atoms with E-state index in [1.165, 1.54) is 81.8 Å². The predicted molar refractivity (Wildman–Crippen MR) is 134 cm³/mol. The molecule has 0 radical (unpaired) electrons. The number of nitrogens with zero attached hydrogens (tertiary/aromatic N) is 1. The van der Waals surface area contributed by atoms with E-state index in [9.17, 15) is 0 Å². The first-order chi connectivity index (χ1) is 13.3. The summed E-state index contributed by atoms with van der Waals surface area (Å²) >= 11 is 0. The van der Waals surface area contributed by atoms with Crippen molar-refractivity contribution in [1.29, 1.82) is 0 Å². The zero-order chi connectivity index (χ0) is 22.7. The Balaban J connectivity index is 5.06. The molecule has 29 heavy (non-hydrogen) atoms. The summed E-state index contributed by atoms with van der Waals surface area (Å²) in [6.07, 6.45) is 13.7. The molecular weight excluding hydrogens is 350 g/mol. The first kappa shape index (κ1) is 29.0. The van der Waals surface area contributed by atoms with Gasteiger partial charge in [0, 0.05) is 0 Å². The summed E-state index contributed by atoms with van der Waals surface area (Å²) in [6, 6.07) is 0. The lowest BCUT2D eigenvalue weighted by Crippen LogP contribution is -2.42. The van der Waals surface area contributed by atoms with Crippen molar-refractivity contribution < 1.29 is 4.48 Å². The lowest BCUT2D eigenvalue weighted by Gasteiger charge is -2.41. The van der Waals surface area contributed by atoms with E-state index in [1.54, 1.807) is 0 Å². The molecule has 0 fully saturated rings. The van der Waals surface area contributed by atoms with E-state index in [0.29, 0.717) is 10.8 Å². The van der Waals surface area contributed by atoms with Gasteiger partial charge in [-0.3, -0.25) is 0 Å². The van der Waals surface area contributed by atoms with Crippen molar-refractivity contribution in [3.63, 3.8) is 0 Å². The molecule has 0 aliphatic rings. The second-order valence-corrected chi connectivity index (χ2v) is 12.6. The summed E-state index contributed by atoms with van der Waals surface area (Å²) in [5, 5.41) is 0. The van der Waals surface area contributed by atoms with Crippen molar-refractivity contribution in [2.45, 2.75) is 127 Å². The maximum absolute atomic E-state index is 2.60. The molecule has 0 aliphatic heterocycles. The SMILES string of the molecule is CCCCC[N+](C)(C)CCC(CC(C)C)CC(C)(CC)CC(C)C(C)(C)CCC. The molecule has 0 aromatic carbocycles. The molecule has 0 N–H and O–H groups in total. The fourth-order valence-corrected chi connectivity index (χ4v) is 5.38. The summed E-state index contributed by atoms with van der Waals surface area (Å²) in [6.45, 7) is 24.7. The summed E-state index contributed by atoms with van der Waals surface area (Å²) in [4.78, 5) is 0. The second-order valence-electron chi connectivity index (χ2n) is 12.6. The zero-order valence-corrected chi connectivity index (χ0v) is 22.7. The van der Waals surface area contributed by atoms with Crippen LogP contribution in [0.1, 0.15) is 127 Å². The van der Waals surface area contributed by atoms with Gasteiger partial charge in [-0.15, -0.1) is 0 Å². The molecule has 0 saturated heterocycles. The van der Waals surface area contributed by atoms with E-state index in [2.05, 4.69) is 76.4 Å². The Bertz CT molecular complexity index is 409. The summed E-state index contributed by atoms with van der Waals surface area (Å²) in [7, 11) is 4.91. The molecule has 1 heteroatoms. The second kappa shape index (κ2) is 13.4. The van der Waals surface area contributed by atoms with Gasteiger partial charge in [-0.1, -0.05) is 81.6 Å². The topological polar surface area (TPSA) is 0 Å².